The van der Waals surface area contributed by atoms with Crippen molar-refractivity contribution in [1.29, 1.82) is 0 Å². The smallest absolute Gasteiger partial charge is 0.177 e. The van der Waals surface area contributed by atoms with E-state index >= 15 is 0 Å². The zero-order valence-corrected chi connectivity index (χ0v) is 25.6. The zero-order chi connectivity index (χ0) is 29.0. The highest BCUT2D eigenvalue weighted by Crippen LogP contribution is 2.30. The number of thiophene rings is 1. The van der Waals surface area contributed by atoms with Crippen LogP contribution in [0.4, 0.5) is 5.69 Å². The Kier molecular flexibility index (Phi) is 8.97. The number of aryl methyl sites for hydroxylation is 1. The Morgan fingerprint density at radius 1 is 1.05 bits per heavy atom. The average molecular weight is 573 g/mol. The van der Waals surface area contributed by atoms with Gasteiger partial charge < -0.3 is 9.64 Å². The van der Waals surface area contributed by atoms with Gasteiger partial charge in [0.25, 0.3) is 0 Å². The molecule has 0 aliphatic carbocycles. The largest absolute Gasteiger partial charge is 0.380 e. The van der Waals surface area contributed by atoms with Crippen molar-refractivity contribution in [2.45, 2.75) is 46.5 Å². The number of aromatic nitrogens is 4. The molecule has 9 heteroatoms. The van der Waals surface area contributed by atoms with E-state index in [-0.39, 0.29) is 11.2 Å². The van der Waals surface area contributed by atoms with E-state index in [4.69, 9.17) is 4.74 Å². The summed E-state index contributed by atoms with van der Waals surface area (Å²) in [6, 6.07) is 12.3. The maximum absolute atomic E-state index is 13.1. The van der Waals surface area contributed by atoms with Crippen LogP contribution in [0.3, 0.4) is 0 Å². The first kappa shape index (κ1) is 29.1. The lowest BCUT2D eigenvalue weighted by Crippen LogP contribution is -2.47. The fourth-order valence-electron chi connectivity index (χ4n) is 5.00. The molecular formula is C32H40N6O2S. The number of nitrogens with zero attached hydrogens (tertiary/aromatic N) is 6. The molecule has 5 rings (SSSR count). The molecule has 0 atom stereocenters. The van der Waals surface area contributed by atoms with Gasteiger partial charge in [0.05, 0.1) is 35.3 Å². The van der Waals surface area contributed by atoms with Crippen molar-refractivity contribution in [2.24, 2.45) is 0 Å². The molecule has 0 spiro atoms. The van der Waals surface area contributed by atoms with Crippen LogP contribution in [0.1, 0.15) is 53.4 Å². The van der Waals surface area contributed by atoms with E-state index in [2.05, 4.69) is 58.0 Å². The Hall–Kier alpha value is -3.40. The number of rotatable bonds is 10. The van der Waals surface area contributed by atoms with Crippen LogP contribution in [0.15, 0.2) is 55.0 Å². The Bertz CT molecular complexity index is 1480. The molecule has 0 bridgehead atoms. The minimum Gasteiger partial charge on any atom is -0.380 e. The van der Waals surface area contributed by atoms with Crippen LogP contribution in [0.5, 0.6) is 0 Å². The van der Waals surface area contributed by atoms with Crippen LogP contribution in [0.25, 0.3) is 16.9 Å². The Balaban J connectivity index is 1.27. The van der Waals surface area contributed by atoms with E-state index in [1.807, 2.05) is 56.7 Å². The number of hydrogen-bond acceptors (Lipinski definition) is 8. The molecule has 8 nitrogen and oxygen atoms in total. The molecule has 1 aliphatic heterocycles. The van der Waals surface area contributed by atoms with E-state index in [9.17, 15) is 4.79 Å². The highest BCUT2D eigenvalue weighted by molar-refractivity contribution is 7.14. The third-order valence-corrected chi connectivity index (χ3v) is 9.06. The number of pyridine rings is 1. The molecular weight excluding hydrogens is 532 g/mol. The van der Waals surface area contributed by atoms with Gasteiger partial charge in [-0.2, -0.15) is 0 Å². The first-order chi connectivity index (χ1) is 19.7. The van der Waals surface area contributed by atoms with Crippen molar-refractivity contribution in [3.8, 4) is 16.9 Å². The highest BCUT2D eigenvalue weighted by atomic mass is 32.1. The van der Waals surface area contributed by atoms with E-state index in [0.29, 0.717) is 6.42 Å². The van der Waals surface area contributed by atoms with Crippen molar-refractivity contribution >= 4 is 22.8 Å². The molecule has 0 amide bonds. The maximum Gasteiger partial charge on any atom is 0.177 e. The highest BCUT2D eigenvalue weighted by Gasteiger charge is 2.20. The van der Waals surface area contributed by atoms with Gasteiger partial charge in [-0.25, -0.2) is 4.68 Å². The minimum absolute atomic E-state index is 0.0404. The van der Waals surface area contributed by atoms with E-state index in [0.717, 1.165) is 84.6 Å². The first-order valence-electron chi connectivity index (χ1n) is 14.4. The molecule has 1 saturated heterocycles. The number of Topliss-reactive ketones (excluding diaryl/α,β-unsaturated/α-hetero) is 1. The maximum atomic E-state index is 13.1. The molecule has 3 aromatic heterocycles. The number of carbonyl (C=O) groups is 1. The van der Waals surface area contributed by atoms with Gasteiger partial charge in [0.1, 0.15) is 5.69 Å². The number of ketones is 1. The summed E-state index contributed by atoms with van der Waals surface area (Å²) in [6.45, 7) is 17.1. The summed E-state index contributed by atoms with van der Waals surface area (Å²) < 4.78 is 7.31. The second kappa shape index (κ2) is 12.6. The molecule has 1 aliphatic rings. The standard InChI is InChI=1S/C32H40N6O2S/c1-6-40-16-15-36-11-13-37(14-12-36)26-19-25(20-33-21-26)27-22-38(35-34-27)28-17-24(8-7-23(28)2)18-29(39)30-9-10-31(41-30)32(3,4)5/h7-10,17,19-22H,6,11-16,18H2,1-5H3. The summed E-state index contributed by atoms with van der Waals surface area (Å²) in [7, 11) is 0. The van der Waals surface area contributed by atoms with E-state index in [1.54, 1.807) is 16.0 Å². The third-order valence-electron chi connectivity index (χ3n) is 7.51. The van der Waals surface area contributed by atoms with Gasteiger partial charge in [0.2, 0.25) is 0 Å². The Labute approximate surface area is 247 Å². The van der Waals surface area contributed by atoms with Crippen molar-refractivity contribution in [1.82, 2.24) is 24.9 Å². The van der Waals surface area contributed by atoms with Gasteiger partial charge in [-0.1, -0.05) is 38.1 Å². The Morgan fingerprint density at radius 3 is 2.59 bits per heavy atom. The molecule has 0 saturated carbocycles. The second-order valence-electron chi connectivity index (χ2n) is 11.6. The van der Waals surface area contributed by atoms with Crippen LogP contribution in [0, 0.1) is 6.92 Å². The number of benzene rings is 1. The van der Waals surface area contributed by atoms with Crippen molar-refractivity contribution in [3.05, 3.63) is 75.9 Å². The zero-order valence-electron chi connectivity index (χ0n) is 24.8. The molecule has 0 radical (unpaired) electrons. The second-order valence-corrected chi connectivity index (χ2v) is 12.7. The van der Waals surface area contributed by atoms with Gasteiger partial charge in [0.15, 0.2) is 5.78 Å². The monoisotopic (exact) mass is 572 g/mol. The van der Waals surface area contributed by atoms with Gasteiger partial charge in [-0.15, -0.1) is 16.4 Å². The van der Waals surface area contributed by atoms with Crippen LogP contribution in [-0.4, -0.2) is 76.6 Å². The summed E-state index contributed by atoms with van der Waals surface area (Å²) in [5, 5.41) is 8.92. The molecule has 4 aromatic rings. The topological polar surface area (TPSA) is 76.4 Å². The number of hydrogen-bond donors (Lipinski definition) is 0. The molecule has 1 fully saturated rings. The predicted molar refractivity (Wildman–Crippen MR) is 166 cm³/mol. The molecule has 41 heavy (non-hydrogen) atoms. The summed E-state index contributed by atoms with van der Waals surface area (Å²) in [5.74, 6) is 0.137. The summed E-state index contributed by atoms with van der Waals surface area (Å²) >= 11 is 1.59. The molecule has 216 valence electrons. The lowest BCUT2D eigenvalue weighted by Gasteiger charge is -2.35. The van der Waals surface area contributed by atoms with Crippen LogP contribution in [-0.2, 0) is 16.6 Å². The Morgan fingerprint density at radius 2 is 1.85 bits per heavy atom. The normalized spacial score (nSPS) is 14.5. The predicted octanol–water partition coefficient (Wildman–Crippen LogP) is 5.58. The van der Waals surface area contributed by atoms with Crippen molar-refractivity contribution in [2.75, 3.05) is 50.8 Å². The van der Waals surface area contributed by atoms with Gasteiger partial charge in [0, 0.05) is 62.4 Å². The fourth-order valence-corrected chi connectivity index (χ4v) is 6.00. The van der Waals surface area contributed by atoms with Crippen molar-refractivity contribution < 1.29 is 9.53 Å². The van der Waals surface area contributed by atoms with E-state index in [1.165, 1.54) is 4.88 Å². The number of ether oxygens (including phenoxy) is 1. The van der Waals surface area contributed by atoms with Gasteiger partial charge in [-0.3, -0.25) is 14.7 Å². The summed E-state index contributed by atoms with van der Waals surface area (Å²) in [5.41, 5.74) is 5.79. The molecule has 0 N–H and O–H groups in total. The molecule has 1 aromatic carbocycles. The molecule has 0 unspecified atom stereocenters. The number of carbonyl (C=O) groups excluding carboxylic acids is 1. The van der Waals surface area contributed by atoms with Crippen molar-refractivity contribution in [3.63, 3.8) is 0 Å². The van der Waals surface area contributed by atoms with Crippen LogP contribution in [0.2, 0.25) is 0 Å². The fraction of sp³-hybridized carbons (Fsp3) is 0.438. The SMILES string of the molecule is CCOCCN1CCN(c2cncc(-c3cn(-c4cc(CC(=O)c5ccc(C(C)(C)C)s5)ccc4C)nn3)c2)CC1. The van der Waals surface area contributed by atoms with Gasteiger partial charge in [-0.05, 0) is 54.7 Å². The van der Waals surface area contributed by atoms with Crippen LogP contribution >= 0.6 is 11.3 Å². The van der Waals surface area contributed by atoms with E-state index < -0.39 is 0 Å². The first-order valence-corrected chi connectivity index (χ1v) is 15.2. The summed E-state index contributed by atoms with van der Waals surface area (Å²) in [6.07, 6.45) is 6.05. The van der Waals surface area contributed by atoms with Gasteiger partial charge >= 0.3 is 0 Å². The molecule has 4 heterocycles. The number of anilines is 1. The lowest BCUT2D eigenvalue weighted by atomic mass is 9.95. The minimum atomic E-state index is 0.0404. The average Bonchev–Trinajstić information content (AvgIpc) is 3.66. The third kappa shape index (κ3) is 7.09. The lowest BCUT2D eigenvalue weighted by molar-refractivity contribution is 0.0996. The quantitative estimate of drug-likeness (QED) is 0.181. The van der Waals surface area contributed by atoms with Crippen LogP contribution < -0.4 is 4.90 Å². The number of piperazine rings is 1. The summed E-state index contributed by atoms with van der Waals surface area (Å²) in [4.78, 5) is 24.4.